The Morgan fingerprint density at radius 2 is 0.797 bits per heavy atom. The molecule has 0 bridgehead atoms. The first-order valence-electron chi connectivity index (χ1n) is 26.7. The predicted molar refractivity (Wildman–Crippen MR) is 255 cm³/mol. The SMILES string of the molecule is CCCCCCCCC(CCCCCC)COC(=O)CCCCCN(CCCCCC(=O)OCC(CCCCCC)CCCCCCCC)CCN(CCC)C1CCC1. The number of ether oxygens (including phenoxy) is 2. The Labute approximate surface area is 369 Å². The van der Waals surface area contributed by atoms with Gasteiger partial charge in [0, 0.05) is 32.0 Å². The maximum Gasteiger partial charge on any atom is 0.305 e. The first kappa shape index (κ1) is 55.9. The molecule has 1 aliphatic carbocycles. The molecule has 0 radical (unpaired) electrons. The Bertz CT molecular complexity index is 852. The lowest BCUT2D eigenvalue weighted by atomic mass is 9.91. The van der Waals surface area contributed by atoms with Gasteiger partial charge >= 0.3 is 11.9 Å². The second-order valence-electron chi connectivity index (χ2n) is 19.0. The van der Waals surface area contributed by atoms with E-state index < -0.39 is 0 Å². The summed E-state index contributed by atoms with van der Waals surface area (Å²) in [5.74, 6) is 1.09. The zero-order valence-electron chi connectivity index (χ0n) is 40.7. The van der Waals surface area contributed by atoms with E-state index >= 15 is 0 Å². The molecule has 2 unspecified atom stereocenters. The van der Waals surface area contributed by atoms with Crippen molar-refractivity contribution in [2.75, 3.05) is 45.9 Å². The summed E-state index contributed by atoms with van der Waals surface area (Å²) in [6.45, 7) is 18.3. The molecular weight excluding hydrogens is 729 g/mol. The molecule has 1 rings (SSSR count). The number of esters is 2. The van der Waals surface area contributed by atoms with Gasteiger partial charge in [-0.2, -0.15) is 0 Å². The van der Waals surface area contributed by atoms with Crippen LogP contribution in [0.2, 0.25) is 0 Å². The highest BCUT2D eigenvalue weighted by Crippen LogP contribution is 2.25. The number of nitrogens with zero attached hydrogens (tertiary/aromatic N) is 2. The van der Waals surface area contributed by atoms with Gasteiger partial charge in [-0.3, -0.25) is 14.5 Å². The maximum atomic E-state index is 12.8. The molecule has 0 aromatic rings. The first-order valence-corrected chi connectivity index (χ1v) is 26.7. The van der Waals surface area contributed by atoms with E-state index in [2.05, 4.69) is 44.4 Å². The minimum absolute atomic E-state index is 0.0119. The van der Waals surface area contributed by atoms with Gasteiger partial charge in [-0.1, -0.05) is 182 Å². The van der Waals surface area contributed by atoms with Crippen molar-refractivity contribution in [2.45, 2.75) is 272 Å². The fraction of sp³-hybridized carbons (Fsp3) is 0.962. The highest BCUT2D eigenvalue weighted by atomic mass is 16.5. The molecule has 1 saturated carbocycles. The third-order valence-corrected chi connectivity index (χ3v) is 13.3. The molecule has 0 aliphatic heterocycles. The molecule has 350 valence electrons. The molecule has 0 aromatic heterocycles. The van der Waals surface area contributed by atoms with Crippen molar-refractivity contribution in [2.24, 2.45) is 11.8 Å². The lowest BCUT2D eigenvalue weighted by molar-refractivity contribution is -0.146. The second-order valence-corrected chi connectivity index (χ2v) is 19.0. The summed E-state index contributed by atoms with van der Waals surface area (Å²) in [4.78, 5) is 31.0. The summed E-state index contributed by atoms with van der Waals surface area (Å²) in [6.07, 6.45) is 43.8. The lowest BCUT2D eigenvalue weighted by Gasteiger charge is -2.38. The average molecular weight is 833 g/mol. The quantitative estimate of drug-likeness (QED) is 0.0450. The molecule has 59 heavy (non-hydrogen) atoms. The van der Waals surface area contributed by atoms with Gasteiger partial charge < -0.3 is 14.4 Å². The molecule has 0 spiro atoms. The zero-order valence-corrected chi connectivity index (χ0v) is 40.7. The van der Waals surface area contributed by atoms with Crippen LogP contribution in [0.3, 0.4) is 0 Å². The molecule has 0 aromatic carbocycles. The molecule has 2 atom stereocenters. The van der Waals surface area contributed by atoms with Crippen molar-refractivity contribution >= 4 is 11.9 Å². The molecule has 6 nitrogen and oxygen atoms in total. The van der Waals surface area contributed by atoms with Crippen molar-refractivity contribution in [3.05, 3.63) is 0 Å². The molecule has 1 fully saturated rings. The largest absolute Gasteiger partial charge is 0.465 e. The molecule has 6 heteroatoms. The smallest absolute Gasteiger partial charge is 0.305 e. The number of carbonyl (C=O) groups is 2. The van der Waals surface area contributed by atoms with Gasteiger partial charge in [0.05, 0.1) is 13.2 Å². The van der Waals surface area contributed by atoms with Crippen LogP contribution in [0, 0.1) is 11.8 Å². The highest BCUT2D eigenvalue weighted by Gasteiger charge is 2.24. The van der Waals surface area contributed by atoms with Gasteiger partial charge in [0.25, 0.3) is 0 Å². The van der Waals surface area contributed by atoms with E-state index in [1.54, 1.807) is 0 Å². The summed E-state index contributed by atoms with van der Waals surface area (Å²) in [5, 5.41) is 0. The van der Waals surface area contributed by atoms with Crippen LogP contribution in [0.25, 0.3) is 0 Å². The minimum atomic E-state index is 0.0119. The molecule has 0 N–H and O–H groups in total. The van der Waals surface area contributed by atoms with Crippen LogP contribution in [0.15, 0.2) is 0 Å². The number of rotatable bonds is 46. The van der Waals surface area contributed by atoms with Crippen LogP contribution in [0.5, 0.6) is 0 Å². The Morgan fingerprint density at radius 3 is 1.17 bits per heavy atom. The van der Waals surface area contributed by atoms with Crippen LogP contribution in [0.1, 0.15) is 266 Å². The maximum absolute atomic E-state index is 12.8. The van der Waals surface area contributed by atoms with Gasteiger partial charge in [-0.15, -0.1) is 0 Å². The van der Waals surface area contributed by atoms with E-state index in [4.69, 9.17) is 9.47 Å². The van der Waals surface area contributed by atoms with E-state index in [0.717, 1.165) is 70.7 Å². The Hall–Kier alpha value is -1.14. The number of unbranched alkanes of at least 4 members (excludes halogenated alkanes) is 20. The molecule has 0 heterocycles. The van der Waals surface area contributed by atoms with Crippen molar-refractivity contribution in [1.82, 2.24) is 9.80 Å². The predicted octanol–water partition coefficient (Wildman–Crippen LogP) is 15.4. The summed E-state index contributed by atoms with van der Waals surface area (Å²) in [5.41, 5.74) is 0. The van der Waals surface area contributed by atoms with Crippen LogP contribution in [-0.2, 0) is 19.1 Å². The van der Waals surface area contributed by atoms with Gasteiger partial charge in [0.1, 0.15) is 0 Å². The number of hydrogen-bond acceptors (Lipinski definition) is 6. The molecule has 0 saturated heterocycles. The molecule has 1 aliphatic rings. The zero-order chi connectivity index (χ0) is 42.9. The Balaban J connectivity index is 2.47. The van der Waals surface area contributed by atoms with E-state index in [1.807, 2.05) is 0 Å². The Morgan fingerprint density at radius 1 is 0.424 bits per heavy atom. The monoisotopic (exact) mass is 833 g/mol. The van der Waals surface area contributed by atoms with Crippen LogP contribution in [-0.4, -0.2) is 73.7 Å². The van der Waals surface area contributed by atoms with Crippen molar-refractivity contribution < 1.29 is 19.1 Å². The molecular formula is C53H104N2O4. The third-order valence-electron chi connectivity index (χ3n) is 13.3. The van der Waals surface area contributed by atoms with E-state index in [-0.39, 0.29) is 11.9 Å². The summed E-state index contributed by atoms with van der Waals surface area (Å²) in [6, 6.07) is 0.789. The molecule has 0 amide bonds. The van der Waals surface area contributed by atoms with Crippen molar-refractivity contribution in [1.29, 1.82) is 0 Å². The highest BCUT2D eigenvalue weighted by molar-refractivity contribution is 5.69. The van der Waals surface area contributed by atoms with Crippen molar-refractivity contribution in [3.63, 3.8) is 0 Å². The summed E-state index contributed by atoms with van der Waals surface area (Å²) in [7, 11) is 0. The van der Waals surface area contributed by atoms with Crippen LogP contribution >= 0.6 is 0 Å². The van der Waals surface area contributed by atoms with Crippen molar-refractivity contribution in [3.8, 4) is 0 Å². The fourth-order valence-electron chi connectivity index (χ4n) is 9.02. The lowest BCUT2D eigenvalue weighted by Crippen LogP contribution is -2.45. The average Bonchev–Trinajstić information content (AvgIpc) is 3.21. The fourth-order valence-corrected chi connectivity index (χ4v) is 9.02. The third kappa shape index (κ3) is 34.1. The van der Waals surface area contributed by atoms with E-state index in [1.165, 1.54) is 186 Å². The van der Waals surface area contributed by atoms with E-state index in [0.29, 0.717) is 37.9 Å². The second kappa shape index (κ2) is 42.2. The van der Waals surface area contributed by atoms with Gasteiger partial charge in [-0.25, -0.2) is 0 Å². The standard InChI is InChI=1S/C53H104N2O4/c1-6-11-15-19-21-27-36-49(34-25-17-13-8-3)47-58-52(56)40-29-23-31-43-54(45-46-55(42-10-5)51-38-33-39-51)44-32-24-30-41-53(57)59-48-50(35-26-18-14-9-4)37-28-22-20-16-12-7-2/h49-51H,6-48H2,1-5H3. The topological polar surface area (TPSA) is 59.1 Å². The number of hydrogen-bond donors (Lipinski definition) is 0. The normalized spacial score (nSPS) is 14.2. The van der Waals surface area contributed by atoms with Crippen LogP contribution < -0.4 is 0 Å². The first-order chi connectivity index (χ1) is 29.0. The summed E-state index contributed by atoms with van der Waals surface area (Å²) >= 11 is 0. The van der Waals surface area contributed by atoms with Gasteiger partial charge in [-0.05, 0) is 102 Å². The van der Waals surface area contributed by atoms with Crippen LogP contribution in [0.4, 0.5) is 0 Å². The minimum Gasteiger partial charge on any atom is -0.465 e. The van der Waals surface area contributed by atoms with Gasteiger partial charge in [0.2, 0.25) is 0 Å². The number of carbonyl (C=O) groups excluding carboxylic acids is 2. The van der Waals surface area contributed by atoms with Gasteiger partial charge in [0.15, 0.2) is 0 Å². The Kier molecular flexibility index (Phi) is 39.9. The summed E-state index contributed by atoms with van der Waals surface area (Å²) < 4.78 is 11.8. The van der Waals surface area contributed by atoms with E-state index in [9.17, 15) is 9.59 Å².